The fourth-order valence-electron chi connectivity index (χ4n) is 2.80. The molecule has 1 aliphatic carbocycles. The average molecular weight is 244 g/mol. The summed E-state index contributed by atoms with van der Waals surface area (Å²) >= 11 is 0. The van der Waals surface area contributed by atoms with Gasteiger partial charge in [-0.1, -0.05) is 36.3 Å². The number of carboxylic acids is 1. The summed E-state index contributed by atoms with van der Waals surface area (Å²) in [6, 6.07) is 8.39. The Labute approximate surface area is 108 Å². The highest BCUT2D eigenvalue weighted by Gasteiger charge is 2.20. The monoisotopic (exact) mass is 244 g/mol. The first-order valence-corrected chi connectivity index (χ1v) is 6.64. The molecular weight excluding hydrogens is 224 g/mol. The Balaban J connectivity index is 2.15. The van der Waals surface area contributed by atoms with Crippen molar-refractivity contribution in [1.82, 2.24) is 0 Å². The molecule has 0 radical (unpaired) electrons. The third-order valence-electron chi connectivity index (χ3n) is 3.83. The molecule has 0 unspecified atom stereocenters. The summed E-state index contributed by atoms with van der Waals surface area (Å²) in [4.78, 5) is 10.9. The van der Waals surface area contributed by atoms with Crippen molar-refractivity contribution in [3.05, 3.63) is 47.0 Å². The largest absolute Gasteiger partial charge is 0.478 e. The van der Waals surface area contributed by atoms with Crippen LogP contribution in [-0.4, -0.2) is 11.1 Å². The van der Waals surface area contributed by atoms with Gasteiger partial charge in [-0.3, -0.25) is 0 Å². The lowest BCUT2D eigenvalue weighted by Crippen LogP contribution is -2.14. The SMILES string of the molecule is Cc1ccccc1C[C@@H]1CCCCC1=CC(=O)O. The van der Waals surface area contributed by atoms with E-state index in [4.69, 9.17) is 5.11 Å². The van der Waals surface area contributed by atoms with Crippen LogP contribution in [0.15, 0.2) is 35.9 Å². The van der Waals surface area contributed by atoms with Gasteiger partial charge in [-0.2, -0.15) is 0 Å². The summed E-state index contributed by atoms with van der Waals surface area (Å²) < 4.78 is 0. The van der Waals surface area contributed by atoms with Gasteiger partial charge in [-0.25, -0.2) is 4.79 Å². The van der Waals surface area contributed by atoms with Crippen molar-refractivity contribution in [2.45, 2.75) is 39.0 Å². The Hall–Kier alpha value is -1.57. The number of allylic oxidation sites excluding steroid dienone is 1. The van der Waals surface area contributed by atoms with E-state index in [-0.39, 0.29) is 0 Å². The molecule has 2 heteroatoms. The first kappa shape index (κ1) is 12.9. The minimum absolute atomic E-state index is 0.413. The number of aliphatic carboxylic acids is 1. The van der Waals surface area contributed by atoms with Gasteiger partial charge in [0.15, 0.2) is 0 Å². The molecule has 0 heterocycles. The molecule has 96 valence electrons. The Kier molecular flexibility index (Phi) is 4.19. The van der Waals surface area contributed by atoms with Crippen LogP contribution in [0.2, 0.25) is 0 Å². The standard InChI is InChI=1S/C16H20O2/c1-12-6-2-3-7-13(12)10-14-8-4-5-9-15(14)11-16(17)18/h2-3,6-7,11,14H,4-5,8-10H2,1H3,(H,17,18)/t14-/m0/s1. The molecule has 1 fully saturated rings. The van der Waals surface area contributed by atoms with Crippen molar-refractivity contribution in [1.29, 1.82) is 0 Å². The summed E-state index contributed by atoms with van der Waals surface area (Å²) in [5, 5.41) is 8.93. The highest BCUT2D eigenvalue weighted by atomic mass is 16.4. The van der Waals surface area contributed by atoms with Gasteiger partial charge in [0, 0.05) is 6.08 Å². The van der Waals surface area contributed by atoms with Gasteiger partial charge in [0.25, 0.3) is 0 Å². The summed E-state index contributed by atoms with van der Waals surface area (Å²) in [5.41, 5.74) is 3.77. The Morgan fingerprint density at radius 1 is 1.39 bits per heavy atom. The van der Waals surface area contributed by atoms with Crippen LogP contribution in [0.3, 0.4) is 0 Å². The number of hydrogen-bond acceptors (Lipinski definition) is 1. The summed E-state index contributed by atoms with van der Waals surface area (Å²) in [6.07, 6.45) is 6.82. The fraction of sp³-hybridized carbons (Fsp3) is 0.438. The average Bonchev–Trinajstić information content (AvgIpc) is 2.34. The zero-order chi connectivity index (χ0) is 13.0. The van der Waals surface area contributed by atoms with Crippen molar-refractivity contribution in [2.24, 2.45) is 5.92 Å². The second-order valence-corrected chi connectivity index (χ2v) is 5.13. The second kappa shape index (κ2) is 5.85. The third-order valence-corrected chi connectivity index (χ3v) is 3.83. The van der Waals surface area contributed by atoms with Crippen LogP contribution in [0.1, 0.15) is 36.8 Å². The van der Waals surface area contributed by atoms with E-state index in [1.54, 1.807) is 0 Å². The smallest absolute Gasteiger partial charge is 0.328 e. The second-order valence-electron chi connectivity index (χ2n) is 5.13. The summed E-state index contributed by atoms with van der Waals surface area (Å²) in [6.45, 7) is 2.12. The van der Waals surface area contributed by atoms with Crippen LogP contribution in [-0.2, 0) is 11.2 Å². The van der Waals surface area contributed by atoms with Gasteiger partial charge in [0.1, 0.15) is 0 Å². The van der Waals surface area contributed by atoms with Crippen molar-refractivity contribution in [3.8, 4) is 0 Å². The van der Waals surface area contributed by atoms with Crippen molar-refractivity contribution < 1.29 is 9.90 Å². The number of hydrogen-bond donors (Lipinski definition) is 1. The molecule has 1 N–H and O–H groups in total. The normalized spacial score (nSPS) is 22.1. The van der Waals surface area contributed by atoms with E-state index >= 15 is 0 Å². The predicted octanol–water partition coefficient (Wildman–Crippen LogP) is 3.74. The summed E-state index contributed by atoms with van der Waals surface area (Å²) in [7, 11) is 0. The lowest BCUT2D eigenvalue weighted by atomic mass is 9.80. The van der Waals surface area contributed by atoms with Crippen LogP contribution in [0.5, 0.6) is 0 Å². The van der Waals surface area contributed by atoms with E-state index in [0.717, 1.165) is 31.3 Å². The van der Waals surface area contributed by atoms with Gasteiger partial charge in [0.2, 0.25) is 0 Å². The topological polar surface area (TPSA) is 37.3 Å². The van der Waals surface area contributed by atoms with Gasteiger partial charge in [0.05, 0.1) is 0 Å². The number of aryl methyl sites for hydroxylation is 1. The van der Waals surface area contributed by atoms with Crippen LogP contribution in [0.4, 0.5) is 0 Å². The minimum atomic E-state index is -0.804. The number of carboxylic acid groups (broad SMARTS) is 1. The van der Waals surface area contributed by atoms with Crippen molar-refractivity contribution >= 4 is 5.97 Å². The van der Waals surface area contributed by atoms with E-state index in [0.29, 0.717) is 5.92 Å². The van der Waals surface area contributed by atoms with E-state index < -0.39 is 5.97 Å². The molecule has 0 spiro atoms. The van der Waals surface area contributed by atoms with E-state index in [9.17, 15) is 4.79 Å². The number of rotatable bonds is 3. The Morgan fingerprint density at radius 2 is 2.17 bits per heavy atom. The molecule has 1 aromatic rings. The first-order valence-electron chi connectivity index (χ1n) is 6.64. The molecular formula is C16H20O2. The quantitative estimate of drug-likeness (QED) is 0.822. The highest BCUT2D eigenvalue weighted by molar-refractivity contribution is 5.80. The highest BCUT2D eigenvalue weighted by Crippen LogP contribution is 2.32. The third kappa shape index (κ3) is 3.22. The molecule has 1 aromatic carbocycles. The molecule has 1 saturated carbocycles. The zero-order valence-corrected chi connectivity index (χ0v) is 10.9. The Bertz CT molecular complexity index is 460. The molecule has 0 bridgehead atoms. The number of carbonyl (C=O) groups is 1. The maximum atomic E-state index is 10.9. The molecule has 1 atom stereocenters. The first-order chi connectivity index (χ1) is 8.66. The van der Waals surface area contributed by atoms with Crippen LogP contribution < -0.4 is 0 Å². The zero-order valence-electron chi connectivity index (χ0n) is 10.9. The summed E-state index contributed by atoms with van der Waals surface area (Å²) in [5.74, 6) is -0.391. The lowest BCUT2D eigenvalue weighted by molar-refractivity contribution is -0.131. The lowest BCUT2D eigenvalue weighted by Gasteiger charge is -2.25. The predicted molar refractivity (Wildman–Crippen MR) is 72.6 cm³/mol. The Morgan fingerprint density at radius 3 is 2.89 bits per heavy atom. The maximum absolute atomic E-state index is 10.9. The molecule has 0 aliphatic heterocycles. The van der Waals surface area contributed by atoms with Gasteiger partial charge < -0.3 is 5.11 Å². The van der Waals surface area contributed by atoms with Crippen LogP contribution in [0, 0.1) is 12.8 Å². The molecule has 2 rings (SSSR count). The van der Waals surface area contributed by atoms with E-state index in [2.05, 4.69) is 25.1 Å². The van der Waals surface area contributed by atoms with Gasteiger partial charge in [-0.15, -0.1) is 0 Å². The molecule has 0 saturated heterocycles. The van der Waals surface area contributed by atoms with Crippen molar-refractivity contribution in [2.75, 3.05) is 0 Å². The van der Waals surface area contributed by atoms with Gasteiger partial charge in [-0.05, 0) is 49.7 Å². The van der Waals surface area contributed by atoms with Gasteiger partial charge >= 0.3 is 5.97 Å². The van der Waals surface area contributed by atoms with Crippen LogP contribution >= 0.6 is 0 Å². The molecule has 0 aromatic heterocycles. The molecule has 18 heavy (non-hydrogen) atoms. The molecule has 0 amide bonds. The molecule has 1 aliphatic rings. The van der Waals surface area contributed by atoms with Crippen molar-refractivity contribution in [3.63, 3.8) is 0 Å². The van der Waals surface area contributed by atoms with Crippen LogP contribution in [0.25, 0.3) is 0 Å². The van der Waals surface area contributed by atoms with E-state index in [1.807, 2.05) is 6.07 Å². The maximum Gasteiger partial charge on any atom is 0.328 e. The number of benzene rings is 1. The minimum Gasteiger partial charge on any atom is -0.478 e. The molecule has 2 nitrogen and oxygen atoms in total. The van der Waals surface area contributed by atoms with E-state index in [1.165, 1.54) is 23.6 Å². The fourth-order valence-corrected chi connectivity index (χ4v) is 2.80.